The lowest BCUT2D eigenvalue weighted by atomic mass is 10.2. The summed E-state index contributed by atoms with van der Waals surface area (Å²) in [4.78, 5) is 16.6. The summed E-state index contributed by atoms with van der Waals surface area (Å²) in [5, 5.41) is 2.68. The molecule has 0 unspecified atom stereocenters. The van der Waals surface area contributed by atoms with Gasteiger partial charge in [0.05, 0.1) is 5.56 Å². The van der Waals surface area contributed by atoms with Crippen LogP contribution in [0.1, 0.15) is 17.3 Å². The van der Waals surface area contributed by atoms with Gasteiger partial charge < -0.3 is 10.2 Å². The number of hydrogen-bond donors (Lipinski definition) is 1. The Kier molecular flexibility index (Phi) is 4.52. The van der Waals surface area contributed by atoms with Gasteiger partial charge in [-0.2, -0.15) is 13.2 Å². The van der Waals surface area contributed by atoms with Crippen LogP contribution < -0.4 is 5.32 Å². The molecule has 0 aliphatic carbocycles. The van der Waals surface area contributed by atoms with Gasteiger partial charge in [-0.1, -0.05) is 0 Å². The van der Waals surface area contributed by atoms with Gasteiger partial charge in [0.2, 0.25) is 0 Å². The van der Waals surface area contributed by atoms with E-state index in [0.29, 0.717) is 0 Å². The maximum absolute atomic E-state index is 12.3. The third-order valence-electron chi connectivity index (χ3n) is 2.31. The molecule has 4 nitrogen and oxygen atoms in total. The summed E-state index contributed by atoms with van der Waals surface area (Å²) in [6.07, 6.45) is -2.95. The molecule has 0 fully saturated rings. The van der Waals surface area contributed by atoms with Gasteiger partial charge >= 0.3 is 6.18 Å². The fourth-order valence-corrected chi connectivity index (χ4v) is 1.49. The van der Waals surface area contributed by atoms with Gasteiger partial charge in [-0.25, -0.2) is 4.98 Å². The minimum absolute atomic E-state index is 0.0175. The number of pyridine rings is 1. The molecule has 0 atom stereocenters. The van der Waals surface area contributed by atoms with Crippen molar-refractivity contribution in [2.75, 3.05) is 25.5 Å². The number of anilines is 1. The Morgan fingerprint density at radius 3 is 2.67 bits per heavy atom. The molecule has 0 bridgehead atoms. The topological polar surface area (TPSA) is 45.2 Å². The molecule has 1 rings (SSSR count). The van der Waals surface area contributed by atoms with Crippen LogP contribution >= 0.6 is 0 Å². The van der Waals surface area contributed by atoms with E-state index in [0.717, 1.165) is 4.90 Å². The van der Waals surface area contributed by atoms with Gasteiger partial charge in [0.1, 0.15) is 12.4 Å². The maximum Gasteiger partial charge on any atom is 0.406 e. The van der Waals surface area contributed by atoms with Crippen LogP contribution in [0.25, 0.3) is 0 Å². The van der Waals surface area contributed by atoms with E-state index in [1.54, 1.807) is 7.05 Å². The lowest BCUT2D eigenvalue weighted by Gasteiger charge is -2.23. The van der Waals surface area contributed by atoms with Crippen molar-refractivity contribution in [2.45, 2.75) is 13.1 Å². The summed E-state index contributed by atoms with van der Waals surface area (Å²) in [6.45, 7) is 0.218. The summed E-state index contributed by atoms with van der Waals surface area (Å²) < 4.78 is 37.0. The first-order valence-corrected chi connectivity index (χ1v) is 5.37. The number of rotatable bonds is 4. The van der Waals surface area contributed by atoms with Crippen molar-refractivity contribution in [1.29, 1.82) is 0 Å². The molecule has 0 aliphatic heterocycles. The predicted molar refractivity (Wildman–Crippen MR) is 61.4 cm³/mol. The van der Waals surface area contributed by atoms with Crippen molar-refractivity contribution in [1.82, 2.24) is 9.88 Å². The first-order chi connectivity index (χ1) is 8.39. The first kappa shape index (κ1) is 14.3. The van der Waals surface area contributed by atoms with Crippen LogP contribution in [0, 0.1) is 0 Å². The maximum atomic E-state index is 12.3. The molecule has 0 aliphatic rings. The van der Waals surface area contributed by atoms with Crippen LogP contribution in [0.4, 0.5) is 19.0 Å². The smallest absolute Gasteiger partial charge is 0.372 e. The average Bonchev–Trinajstić information content (AvgIpc) is 2.34. The molecular weight excluding hydrogens is 247 g/mol. The lowest BCUT2D eigenvalue weighted by molar-refractivity contribution is -0.140. The Bertz CT molecular complexity index is 420. The van der Waals surface area contributed by atoms with E-state index in [9.17, 15) is 18.0 Å². The number of carbonyl (C=O) groups is 1. The molecule has 1 aromatic heterocycles. The van der Waals surface area contributed by atoms with Crippen molar-refractivity contribution >= 4 is 11.7 Å². The Morgan fingerprint density at radius 1 is 1.50 bits per heavy atom. The highest BCUT2D eigenvalue weighted by Crippen LogP contribution is 2.19. The number of aromatic nitrogens is 1. The van der Waals surface area contributed by atoms with Gasteiger partial charge in [-0.15, -0.1) is 0 Å². The molecule has 0 aromatic carbocycles. The highest BCUT2D eigenvalue weighted by Gasteiger charge is 2.33. The van der Waals surface area contributed by atoms with Gasteiger partial charge in [0.15, 0.2) is 0 Å². The molecule has 18 heavy (non-hydrogen) atoms. The largest absolute Gasteiger partial charge is 0.406 e. The number of nitrogens with one attached hydrogen (secondary N) is 1. The Morgan fingerprint density at radius 2 is 2.17 bits per heavy atom. The van der Waals surface area contributed by atoms with Crippen LogP contribution in [0.2, 0.25) is 0 Å². The van der Waals surface area contributed by atoms with Gasteiger partial charge in [0.25, 0.3) is 5.91 Å². The quantitative estimate of drug-likeness (QED) is 0.903. The van der Waals surface area contributed by atoms with E-state index in [1.165, 1.54) is 25.3 Å². The lowest BCUT2D eigenvalue weighted by Crippen LogP contribution is -2.39. The summed E-state index contributed by atoms with van der Waals surface area (Å²) in [5.74, 6) is -0.421. The molecule has 0 saturated carbocycles. The number of halogens is 3. The Labute approximate surface area is 103 Å². The molecule has 7 heteroatoms. The van der Waals surface area contributed by atoms with Crippen LogP contribution in [0.5, 0.6) is 0 Å². The third-order valence-corrected chi connectivity index (χ3v) is 2.31. The van der Waals surface area contributed by atoms with Gasteiger partial charge in [0, 0.05) is 19.8 Å². The average molecular weight is 261 g/mol. The number of alkyl halides is 3. The van der Waals surface area contributed by atoms with E-state index in [-0.39, 0.29) is 17.9 Å². The second-order valence-electron chi connectivity index (χ2n) is 3.58. The highest BCUT2D eigenvalue weighted by molar-refractivity contribution is 5.98. The zero-order valence-corrected chi connectivity index (χ0v) is 10.1. The zero-order valence-electron chi connectivity index (χ0n) is 10.1. The van der Waals surface area contributed by atoms with E-state index < -0.39 is 18.6 Å². The fourth-order valence-electron chi connectivity index (χ4n) is 1.49. The fraction of sp³-hybridized carbons (Fsp3) is 0.455. The number of nitrogens with zero attached hydrogens (tertiary/aromatic N) is 2. The SMILES string of the molecule is CCN(CC(F)(F)F)C(=O)c1cccnc1NC. The minimum Gasteiger partial charge on any atom is -0.372 e. The van der Waals surface area contributed by atoms with Gasteiger partial charge in [-0.05, 0) is 19.1 Å². The predicted octanol–water partition coefficient (Wildman–Crippen LogP) is 2.15. The summed E-state index contributed by atoms with van der Waals surface area (Å²) in [5.41, 5.74) is 0.131. The second kappa shape index (κ2) is 5.70. The van der Waals surface area contributed by atoms with Crippen molar-refractivity contribution in [3.63, 3.8) is 0 Å². The van der Waals surface area contributed by atoms with E-state index in [4.69, 9.17) is 0 Å². The van der Waals surface area contributed by atoms with Crippen LogP contribution in [-0.2, 0) is 0 Å². The van der Waals surface area contributed by atoms with Crippen LogP contribution in [0.3, 0.4) is 0 Å². The third kappa shape index (κ3) is 3.61. The zero-order chi connectivity index (χ0) is 13.8. The molecular formula is C11H14F3N3O. The van der Waals surface area contributed by atoms with E-state index >= 15 is 0 Å². The van der Waals surface area contributed by atoms with Crippen molar-refractivity contribution in [2.24, 2.45) is 0 Å². The molecule has 1 amide bonds. The van der Waals surface area contributed by atoms with Crippen LogP contribution in [-0.4, -0.2) is 42.1 Å². The van der Waals surface area contributed by atoms with Crippen molar-refractivity contribution in [3.05, 3.63) is 23.9 Å². The normalized spacial score (nSPS) is 11.2. The van der Waals surface area contributed by atoms with E-state index in [2.05, 4.69) is 10.3 Å². The van der Waals surface area contributed by atoms with E-state index in [1.807, 2.05) is 0 Å². The van der Waals surface area contributed by atoms with Crippen molar-refractivity contribution in [3.8, 4) is 0 Å². The standard InChI is InChI=1S/C11H14F3N3O/c1-3-17(7-11(12,13)14)10(18)8-5-4-6-16-9(8)15-2/h4-6H,3,7H2,1-2H3,(H,15,16). The molecule has 1 aromatic rings. The summed E-state index contributed by atoms with van der Waals surface area (Å²) >= 11 is 0. The molecule has 100 valence electrons. The van der Waals surface area contributed by atoms with Crippen molar-refractivity contribution < 1.29 is 18.0 Å². The Hall–Kier alpha value is -1.79. The minimum atomic E-state index is -4.41. The number of carbonyl (C=O) groups excluding carboxylic acids is 1. The molecule has 0 saturated heterocycles. The first-order valence-electron chi connectivity index (χ1n) is 5.37. The summed E-state index contributed by atoms with van der Waals surface area (Å²) in [7, 11) is 1.55. The number of hydrogen-bond acceptors (Lipinski definition) is 3. The van der Waals surface area contributed by atoms with Gasteiger partial charge in [-0.3, -0.25) is 4.79 Å². The number of amides is 1. The monoisotopic (exact) mass is 261 g/mol. The molecule has 0 radical (unpaired) electrons. The Balaban J connectivity index is 2.97. The highest BCUT2D eigenvalue weighted by atomic mass is 19.4. The summed E-state index contributed by atoms with van der Waals surface area (Å²) in [6, 6.07) is 2.95. The molecule has 1 N–H and O–H groups in total. The molecule has 0 spiro atoms. The molecule has 1 heterocycles. The van der Waals surface area contributed by atoms with Crippen LogP contribution in [0.15, 0.2) is 18.3 Å². The second-order valence-corrected chi connectivity index (χ2v) is 3.58.